The molecule has 106 valence electrons. The third-order valence-electron chi connectivity index (χ3n) is 3.54. The number of ether oxygens (including phenoxy) is 1. The van der Waals surface area contributed by atoms with Crippen LogP contribution in [0.3, 0.4) is 0 Å². The van der Waals surface area contributed by atoms with Gasteiger partial charge in [0, 0.05) is 31.0 Å². The van der Waals surface area contributed by atoms with Gasteiger partial charge in [-0.05, 0) is 31.0 Å². The molecule has 0 aliphatic heterocycles. The first kappa shape index (κ1) is 14.2. The van der Waals surface area contributed by atoms with Gasteiger partial charge in [0.1, 0.15) is 11.6 Å². The smallest absolute Gasteiger partial charge is 0.125 e. The monoisotopic (exact) mass is 271 g/mol. The minimum absolute atomic E-state index is 0.327. The summed E-state index contributed by atoms with van der Waals surface area (Å²) in [6.07, 6.45) is 2.64. The largest absolute Gasteiger partial charge is 0.496 e. The minimum Gasteiger partial charge on any atom is -0.496 e. The Hall–Kier alpha value is -2.23. The summed E-state index contributed by atoms with van der Waals surface area (Å²) in [7, 11) is 3.77. The van der Waals surface area contributed by atoms with E-state index in [2.05, 4.69) is 29.9 Å². The molecule has 2 N–H and O–H groups in total. The van der Waals surface area contributed by atoms with Crippen molar-refractivity contribution in [2.24, 2.45) is 0 Å². The van der Waals surface area contributed by atoms with Crippen LogP contribution in [0.5, 0.6) is 5.75 Å². The van der Waals surface area contributed by atoms with E-state index in [1.165, 1.54) is 5.56 Å². The molecule has 1 aromatic heterocycles. The second-order valence-electron chi connectivity index (χ2n) is 4.91. The third-order valence-corrected chi connectivity index (χ3v) is 3.54. The van der Waals surface area contributed by atoms with Gasteiger partial charge in [0.2, 0.25) is 0 Å². The molecule has 0 saturated carbocycles. The lowest BCUT2D eigenvalue weighted by Crippen LogP contribution is -2.30. The number of benzene rings is 1. The van der Waals surface area contributed by atoms with Crippen LogP contribution in [0, 0.1) is 0 Å². The zero-order valence-corrected chi connectivity index (χ0v) is 12.2. The zero-order chi connectivity index (χ0) is 14.5. The van der Waals surface area contributed by atoms with Crippen molar-refractivity contribution in [3.05, 3.63) is 48.2 Å². The van der Waals surface area contributed by atoms with Crippen molar-refractivity contribution in [2.45, 2.75) is 19.4 Å². The zero-order valence-electron chi connectivity index (χ0n) is 12.2. The fourth-order valence-corrected chi connectivity index (χ4v) is 2.24. The van der Waals surface area contributed by atoms with E-state index in [1.807, 2.05) is 30.3 Å². The first-order chi connectivity index (χ1) is 9.61. The van der Waals surface area contributed by atoms with Crippen LogP contribution < -0.4 is 15.4 Å². The molecule has 2 rings (SSSR count). The summed E-state index contributed by atoms with van der Waals surface area (Å²) >= 11 is 0. The maximum Gasteiger partial charge on any atom is 0.125 e. The van der Waals surface area contributed by atoms with Gasteiger partial charge in [-0.1, -0.05) is 18.2 Å². The molecular weight excluding hydrogens is 250 g/mol. The Labute approximate surface area is 120 Å². The van der Waals surface area contributed by atoms with Gasteiger partial charge in [-0.3, -0.25) is 0 Å². The fourth-order valence-electron chi connectivity index (χ4n) is 2.24. The van der Waals surface area contributed by atoms with Gasteiger partial charge < -0.3 is 15.4 Å². The van der Waals surface area contributed by atoms with E-state index < -0.39 is 0 Å². The normalized spacial score (nSPS) is 11.9. The van der Waals surface area contributed by atoms with Crippen LogP contribution in [-0.2, 0) is 6.42 Å². The second-order valence-corrected chi connectivity index (χ2v) is 4.91. The average Bonchev–Trinajstić information content (AvgIpc) is 2.47. The molecule has 1 atom stereocenters. The molecule has 20 heavy (non-hydrogen) atoms. The molecule has 1 heterocycles. The van der Waals surface area contributed by atoms with Crippen molar-refractivity contribution in [1.29, 1.82) is 0 Å². The molecule has 1 unspecified atom stereocenters. The van der Waals surface area contributed by atoms with E-state index in [4.69, 9.17) is 10.5 Å². The van der Waals surface area contributed by atoms with Gasteiger partial charge in [-0.15, -0.1) is 0 Å². The number of nitrogen functional groups attached to an aromatic ring is 1. The molecule has 0 aliphatic carbocycles. The van der Waals surface area contributed by atoms with Gasteiger partial charge in [-0.25, -0.2) is 4.98 Å². The highest BCUT2D eigenvalue weighted by molar-refractivity contribution is 5.52. The number of likely N-dealkylation sites (N-methyl/N-ethyl adjacent to an activating group) is 1. The molecule has 2 aromatic rings. The highest BCUT2D eigenvalue weighted by atomic mass is 16.5. The summed E-state index contributed by atoms with van der Waals surface area (Å²) in [5.74, 6) is 1.47. The second kappa shape index (κ2) is 6.28. The Balaban J connectivity index is 2.13. The highest BCUT2D eigenvalue weighted by Crippen LogP contribution is 2.23. The number of rotatable bonds is 5. The van der Waals surface area contributed by atoms with Gasteiger partial charge in [0.05, 0.1) is 7.11 Å². The van der Waals surface area contributed by atoms with Crippen molar-refractivity contribution in [1.82, 2.24) is 4.98 Å². The predicted octanol–water partition coefficient (Wildman–Crippen LogP) is 2.74. The van der Waals surface area contributed by atoms with Crippen LogP contribution in [0.4, 0.5) is 11.5 Å². The number of nitrogens with zero attached hydrogens (tertiary/aromatic N) is 2. The molecule has 0 radical (unpaired) electrons. The Morgan fingerprint density at radius 2 is 2.05 bits per heavy atom. The van der Waals surface area contributed by atoms with Crippen LogP contribution in [0.15, 0.2) is 42.6 Å². The Morgan fingerprint density at radius 3 is 2.75 bits per heavy atom. The lowest BCUT2D eigenvalue weighted by Gasteiger charge is -2.27. The first-order valence-corrected chi connectivity index (χ1v) is 6.68. The van der Waals surface area contributed by atoms with Crippen LogP contribution in [0.2, 0.25) is 0 Å². The standard InChI is InChI=1S/C16H21N3O/c1-12(10-13-6-4-5-7-15(13)20-3)19(2)14-8-9-18-16(17)11-14/h4-9,11-12H,10H2,1-3H3,(H2,17,18). The van der Waals surface area contributed by atoms with Crippen LogP contribution in [0.25, 0.3) is 0 Å². The minimum atomic E-state index is 0.327. The SMILES string of the molecule is COc1ccccc1CC(C)N(C)c1ccnc(N)c1. The van der Waals surface area contributed by atoms with E-state index in [0.29, 0.717) is 11.9 Å². The number of anilines is 2. The highest BCUT2D eigenvalue weighted by Gasteiger charge is 2.13. The number of hydrogen-bond donors (Lipinski definition) is 1. The van der Waals surface area contributed by atoms with Crippen molar-refractivity contribution in [3.8, 4) is 5.75 Å². The summed E-state index contributed by atoms with van der Waals surface area (Å²) in [6, 6.07) is 12.3. The number of hydrogen-bond acceptors (Lipinski definition) is 4. The number of para-hydroxylation sites is 1. The van der Waals surface area contributed by atoms with E-state index in [9.17, 15) is 0 Å². The fraction of sp³-hybridized carbons (Fsp3) is 0.312. The van der Waals surface area contributed by atoms with Crippen molar-refractivity contribution in [3.63, 3.8) is 0 Å². The molecule has 0 bridgehead atoms. The molecule has 0 spiro atoms. The molecule has 0 saturated heterocycles. The van der Waals surface area contributed by atoms with Crippen LogP contribution in [0.1, 0.15) is 12.5 Å². The summed E-state index contributed by atoms with van der Waals surface area (Å²) in [5, 5.41) is 0. The summed E-state index contributed by atoms with van der Waals surface area (Å²) in [4.78, 5) is 6.22. The third kappa shape index (κ3) is 3.20. The topological polar surface area (TPSA) is 51.4 Å². The molecule has 1 aromatic carbocycles. The maximum absolute atomic E-state index is 5.74. The number of nitrogens with two attached hydrogens (primary N) is 1. The van der Waals surface area contributed by atoms with Crippen LogP contribution in [-0.4, -0.2) is 25.2 Å². The summed E-state index contributed by atoms with van der Waals surface area (Å²) in [5.41, 5.74) is 8.01. The Bertz CT molecular complexity index is 571. The summed E-state index contributed by atoms with van der Waals surface area (Å²) < 4.78 is 5.40. The van der Waals surface area contributed by atoms with E-state index in [0.717, 1.165) is 17.9 Å². The quantitative estimate of drug-likeness (QED) is 0.908. The first-order valence-electron chi connectivity index (χ1n) is 6.68. The number of aromatic nitrogens is 1. The lowest BCUT2D eigenvalue weighted by atomic mass is 10.0. The Kier molecular flexibility index (Phi) is 4.45. The lowest BCUT2D eigenvalue weighted by molar-refractivity contribution is 0.408. The summed E-state index contributed by atoms with van der Waals surface area (Å²) in [6.45, 7) is 2.18. The van der Waals surface area contributed by atoms with Gasteiger partial charge in [-0.2, -0.15) is 0 Å². The molecule has 0 amide bonds. The molecule has 4 nitrogen and oxygen atoms in total. The van der Waals surface area contributed by atoms with E-state index in [1.54, 1.807) is 13.3 Å². The maximum atomic E-state index is 5.74. The van der Waals surface area contributed by atoms with Crippen molar-refractivity contribution < 1.29 is 4.74 Å². The van der Waals surface area contributed by atoms with E-state index >= 15 is 0 Å². The van der Waals surface area contributed by atoms with E-state index in [-0.39, 0.29) is 0 Å². The number of methoxy groups -OCH3 is 1. The molecule has 0 fully saturated rings. The molecule has 0 aliphatic rings. The van der Waals surface area contributed by atoms with Gasteiger partial charge >= 0.3 is 0 Å². The number of pyridine rings is 1. The van der Waals surface area contributed by atoms with Gasteiger partial charge in [0.25, 0.3) is 0 Å². The van der Waals surface area contributed by atoms with Crippen molar-refractivity contribution >= 4 is 11.5 Å². The van der Waals surface area contributed by atoms with Crippen LogP contribution >= 0.6 is 0 Å². The molecule has 4 heteroatoms. The van der Waals surface area contributed by atoms with Gasteiger partial charge in [0.15, 0.2) is 0 Å². The average molecular weight is 271 g/mol. The molecular formula is C16H21N3O. The Morgan fingerprint density at radius 1 is 1.30 bits per heavy atom. The van der Waals surface area contributed by atoms with Crippen molar-refractivity contribution in [2.75, 3.05) is 24.8 Å². The predicted molar refractivity (Wildman–Crippen MR) is 83.2 cm³/mol.